The molecule has 2 aliphatic heterocycles. The average Bonchev–Trinajstić information content (AvgIpc) is 3.09. The van der Waals surface area contributed by atoms with Crippen LogP contribution in [0.5, 0.6) is 0 Å². The number of hydrogen-bond donors (Lipinski definition) is 1. The van der Waals surface area contributed by atoms with Crippen molar-refractivity contribution in [3.63, 3.8) is 0 Å². The minimum absolute atomic E-state index is 0.0213. The second-order valence-corrected chi connectivity index (χ2v) is 8.15. The lowest BCUT2D eigenvalue weighted by atomic mass is 9.72. The highest BCUT2D eigenvalue weighted by molar-refractivity contribution is 5.85. The summed E-state index contributed by atoms with van der Waals surface area (Å²) in [5, 5.41) is 9.19. The number of β-amino-alcohol motifs (C(OH)–C–C–N with tert-alkyl or cyclic N) is 1. The normalized spacial score (nSPS) is 24.8. The van der Waals surface area contributed by atoms with Crippen LogP contribution in [-0.4, -0.2) is 59.5 Å². The lowest BCUT2D eigenvalue weighted by Crippen LogP contribution is -2.53. The maximum Gasteiger partial charge on any atom is 0.230 e. The Kier molecular flexibility index (Phi) is 4.74. The average molecular weight is 356 g/mol. The Hall–Kier alpha value is -1.88. The number of nitrogens with zero attached hydrogens (tertiary/aromatic N) is 2. The van der Waals surface area contributed by atoms with Crippen molar-refractivity contribution in [3.05, 3.63) is 35.4 Å². The fourth-order valence-electron chi connectivity index (χ4n) is 5.07. The van der Waals surface area contributed by atoms with Crippen LogP contribution in [0.2, 0.25) is 0 Å². The van der Waals surface area contributed by atoms with E-state index in [-0.39, 0.29) is 29.8 Å². The molecule has 4 rings (SSSR count). The lowest BCUT2D eigenvalue weighted by Gasteiger charge is -2.47. The van der Waals surface area contributed by atoms with Crippen LogP contribution in [0.3, 0.4) is 0 Å². The molecule has 0 bridgehead atoms. The second-order valence-electron chi connectivity index (χ2n) is 8.15. The van der Waals surface area contributed by atoms with Crippen molar-refractivity contribution in [2.24, 2.45) is 5.41 Å². The number of rotatable bonds is 3. The minimum atomic E-state index is 0.0213. The summed E-state index contributed by atoms with van der Waals surface area (Å²) in [6.07, 6.45) is 5.35. The molecule has 2 amide bonds. The Morgan fingerprint density at radius 2 is 1.92 bits per heavy atom. The summed E-state index contributed by atoms with van der Waals surface area (Å²) >= 11 is 0. The highest BCUT2D eigenvalue weighted by Gasteiger charge is 2.42. The van der Waals surface area contributed by atoms with E-state index in [0.29, 0.717) is 13.0 Å². The lowest BCUT2D eigenvalue weighted by molar-refractivity contribution is -0.143. The fourth-order valence-corrected chi connectivity index (χ4v) is 5.07. The standard InChI is InChI=1S/C21H28N2O3/c24-14-13-23-15-21(8-7-19(23)25)9-11-22(12-10-21)20(26)18-6-5-16-3-1-2-4-17(16)18/h1-4,18,24H,5-15H2/t18-/m0/s1. The van der Waals surface area contributed by atoms with Crippen LogP contribution in [0.25, 0.3) is 0 Å². The van der Waals surface area contributed by atoms with Crippen molar-refractivity contribution in [1.82, 2.24) is 9.80 Å². The van der Waals surface area contributed by atoms with Crippen LogP contribution in [0.15, 0.2) is 24.3 Å². The van der Waals surface area contributed by atoms with Gasteiger partial charge >= 0.3 is 0 Å². The van der Waals surface area contributed by atoms with E-state index in [2.05, 4.69) is 18.2 Å². The third-order valence-corrected chi connectivity index (χ3v) is 6.68. The minimum Gasteiger partial charge on any atom is -0.395 e. The van der Waals surface area contributed by atoms with Crippen LogP contribution in [0.4, 0.5) is 0 Å². The quantitative estimate of drug-likeness (QED) is 0.900. The van der Waals surface area contributed by atoms with Crippen molar-refractivity contribution in [2.45, 2.75) is 44.4 Å². The first kappa shape index (κ1) is 17.5. The van der Waals surface area contributed by atoms with Crippen LogP contribution >= 0.6 is 0 Å². The van der Waals surface area contributed by atoms with Gasteiger partial charge in [-0.3, -0.25) is 9.59 Å². The second kappa shape index (κ2) is 7.03. The summed E-state index contributed by atoms with van der Waals surface area (Å²) in [7, 11) is 0. The molecule has 2 heterocycles. The van der Waals surface area contributed by atoms with Gasteiger partial charge in [-0.25, -0.2) is 0 Å². The highest BCUT2D eigenvalue weighted by Crippen LogP contribution is 2.41. The number of carbonyl (C=O) groups excluding carboxylic acids is 2. The third kappa shape index (κ3) is 3.13. The van der Waals surface area contributed by atoms with E-state index >= 15 is 0 Å². The maximum atomic E-state index is 13.1. The van der Waals surface area contributed by atoms with Crippen LogP contribution in [0.1, 0.15) is 49.1 Å². The Balaban J connectivity index is 1.39. The zero-order valence-electron chi connectivity index (χ0n) is 15.3. The van der Waals surface area contributed by atoms with E-state index in [0.717, 1.165) is 51.7 Å². The van der Waals surface area contributed by atoms with Crippen LogP contribution < -0.4 is 0 Å². The van der Waals surface area contributed by atoms with E-state index < -0.39 is 0 Å². The molecule has 1 aliphatic carbocycles. The number of aliphatic hydroxyl groups is 1. The van der Waals surface area contributed by atoms with Gasteiger partial charge in [0.2, 0.25) is 11.8 Å². The molecule has 5 nitrogen and oxygen atoms in total. The molecule has 1 spiro atoms. The molecule has 0 radical (unpaired) electrons. The van der Waals surface area contributed by atoms with E-state index in [4.69, 9.17) is 0 Å². The van der Waals surface area contributed by atoms with Gasteiger partial charge in [-0.15, -0.1) is 0 Å². The number of carbonyl (C=O) groups is 2. The predicted octanol–water partition coefficient (Wildman–Crippen LogP) is 1.94. The zero-order valence-corrected chi connectivity index (χ0v) is 15.3. The molecule has 1 aromatic rings. The number of piperidine rings is 2. The molecule has 26 heavy (non-hydrogen) atoms. The van der Waals surface area contributed by atoms with E-state index in [1.165, 1.54) is 11.1 Å². The maximum absolute atomic E-state index is 13.1. The Morgan fingerprint density at radius 3 is 2.69 bits per heavy atom. The first-order valence-electron chi connectivity index (χ1n) is 9.87. The molecule has 3 aliphatic rings. The van der Waals surface area contributed by atoms with Gasteiger partial charge in [0.05, 0.1) is 12.5 Å². The van der Waals surface area contributed by atoms with Crippen molar-refractivity contribution in [3.8, 4) is 0 Å². The Bertz CT molecular complexity index is 694. The molecular weight excluding hydrogens is 328 g/mol. The summed E-state index contributed by atoms with van der Waals surface area (Å²) in [5.41, 5.74) is 2.67. The van der Waals surface area contributed by atoms with Gasteiger partial charge in [0.25, 0.3) is 0 Å². The fraction of sp³-hybridized carbons (Fsp3) is 0.619. The van der Waals surface area contributed by atoms with Crippen molar-refractivity contribution in [2.75, 3.05) is 32.8 Å². The van der Waals surface area contributed by atoms with Gasteiger partial charge in [-0.2, -0.15) is 0 Å². The van der Waals surface area contributed by atoms with Gasteiger partial charge in [-0.05, 0) is 48.6 Å². The SMILES string of the molecule is O=C1CCC2(CCN(C(=O)[C@H]3CCc4ccccc43)CC2)CN1CCO. The van der Waals surface area contributed by atoms with Crippen molar-refractivity contribution in [1.29, 1.82) is 0 Å². The summed E-state index contributed by atoms with van der Waals surface area (Å²) in [4.78, 5) is 29.0. The smallest absolute Gasteiger partial charge is 0.230 e. The number of amides is 2. The number of benzene rings is 1. The number of fused-ring (bicyclic) bond motifs is 1. The summed E-state index contributed by atoms with van der Waals surface area (Å²) < 4.78 is 0. The first-order chi connectivity index (χ1) is 12.6. The highest BCUT2D eigenvalue weighted by atomic mass is 16.3. The zero-order chi connectivity index (χ0) is 18.1. The number of aliphatic hydroxyl groups excluding tert-OH is 1. The van der Waals surface area contributed by atoms with Crippen molar-refractivity contribution >= 4 is 11.8 Å². The van der Waals surface area contributed by atoms with Gasteiger partial charge < -0.3 is 14.9 Å². The topological polar surface area (TPSA) is 60.9 Å². The molecule has 5 heteroatoms. The molecule has 2 saturated heterocycles. The molecule has 2 fully saturated rings. The third-order valence-electron chi connectivity index (χ3n) is 6.68. The van der Waals surface area contributed by atoms with Gasteiger partial charge in [0.15, 0.2) is 0 Å². The Morgan fingerprint density at radius 1 is 1.15 bits per heavy atom. The van der Waals surface area contributed by atoms with E-state index in [1.54, 1.807) is 0 Å². The first-order valence-corrected chi connectivity index (χ1v) is 9.87. The van der Waals surface area contributed by atoms with Gasteiger partial charge in [0, 0.05) is 32.6 Å². The summed E-state index contributed by atoms with van der Waals surface area (Å²) in [6, 6.07) is 8.34. The summed E-state index contributed by atoms with van der Waals surface area (Å²) in [6.45, 7) is 2.77. The molecule has 140 valence electrons. The van der Waals surface area contributed by atoms with Crippen LogP contribution in [-0.2, 0) is 16.0 Å². The van der Waals surface area contributed by atoms with Gasteiger partial charge in [-0.1, -0.05) is 24.3 Å². The largest absolute Gasteiger partial charge is 0.395 e. The molecule has 0 saturated carbocycles. The number of hydrogen-bond acceptors (Lipinski definition) is 3. The van der Waals surface area contributed by atoms with Gasteiger partial charge in [0.1, 0.15) is 0 Å². The predicted molar refractivity (Wildman–Crippen MR) is 98.7 cm³/mol. The molecule has 1 atom stereocenters. The molecule has 1 N–H and O–H groups in total. The summed E-state index contributed by atoms with van der Waals surface area (Å²) in [5.74, 6) is 0.466. The molecule has 1 aromatic carbocycles. The molecule has 0 aromatic heterocycles. The van der Waals surface area contributed by atoms with E-state index in [1.807, 2.05) is 15.9 Å². The Labute approximate surface area is 155 Å². The monoisotopic (exact) mass is 356 g/mol. The molecule has 0 unspecified atom stereocenters. The number of aryl methyl sites for hydroxylation is 1. The van der Waals surface area contributed by atoms with Crippen molar-refractivity contribution < 1.29 is 14.7 Å². The van der Waals surface area contributed by atoms with E-state index in [9.17, 15) is 14.7 Å². The van der Waals surface area contributed by atoms with Crippen LogP contribution in [0, 0.1) is 5.41 Å². The number of likely N-dealkylation sites (tertiary alicyclic amines) is 2. The molecular formula is C21H28N2O3.